The summed E-state index contributed by atoms with van der Waals surface area (Å²) in [6.45, 7) is 0.945. The molecule has 3 N–H and O–H groups in total. The third-order valence-electron chi connectivity index (χ3n) is 2.70. The van der Waals surface area contributed by atoms with Gasteiger partial charge in [0, 0.05) is 24.2 Å². The molecule has 2 atom stereocenters. The summed E-state index contributed by atoms with van der Waals surface area (Å²) in [6, 6.07) is 3.97. The summed E-state index contributed by atoms with van der Waals surface area (Å²) in [7, 11) is 1.44. The number of aliphatic hydroxyl groups excluding tert-OH is 1. The fraction of sp³-hybridized carbons (Fsp3) is 0.500. The largest absolute Gasteiger partial charge is 0.507 e. The van der Waals surface area contributed by atoms with Gasteiger partial charge in [-0.3, -0.25) is 0 Å². The molecule has 0 aromatic heterocycles. The topological polar surface area (TPSA) is 61.7 Å². The number of ether oxygens (including phenoxy) is 1. The first-order valence-corrected chi connectivity index (χ1v) is 5.60. The van der Waals surface area contributed by atoms with E-state index in [4.69, 9.17) is 9.84 Å². The van der Waals surface area contributed by atoms with Crippen LogP contribution in [-0.2, 0) is 0 Å². The number of hydrogen-bond acceptors (Lipinski definition) is 4. The van der Waals surface area contributed by atoms with Crippen LogP contribution >= 0.6 is 0 Å². The van der Waals surface area contributed by atoms with E-state index in [0.717, 1.165) is 0 Å². The molecule has 0 saturated carbocycles. The van der Waals surface area contributed by atoms with Crippen molar-refractivity contribution in [1.29, 1.82) is 0 Å². The summed E-state index contributed by atoms with van der Waals surface area (Å²) in [4.78, 5) is 0. The molecule has 0 aliphatic heterocycles. The van der Waals surface area contributed by atoms with E-state index in [2.05, 4.69) is 5.32 Å². The molecular weight excluding hydrogens is 263 g/mol. The summed E-state index contributed by atoms with van der Waals surface area (Å²) in [5.74, 6) is 0.365. The quantitative estimate of drug-likeness (QED) is 0.771. The van der Waals surface area contributed by atoms with Crippen LogP contribution in [0.4, 0.5) is 13.2 Å². The Balaban J connectivity index is 2.66. The van der Waals surface area contributed by atoms with E-state index in [1.807, 2.05) is 0 Å². The Hall–Kier alpha value is -1.47. The molecule has 0 bridgehead atoms. The highest BCUT2D eigenvalue weighted by atomic mass is 19.4. The number of nitrogens with one attached hydrogen (secondary N) is 1. The molecular formula is C12H16F3NO3. The number of aromatic hydroxyl groups is 1. The average molecular weight is 279 g/mol. The Bertz CT molecular complexity index is 423. The predicted octanol–water partition coefficient (Wildman–Crippen LogP) is 1.97. The number of rotatable bonds is 5. The molecule has 1 rings (SSSR count). The lowest BCUT2D eigenvalue weighted by Gasteiger charge is -2.20. The number of alkyl halides is 3. The SMILES string of the molecule is COc1ccc(C(C)NCC(O)C(F)(F)F)c(O)c1. The summed E-state index contributed by atoms with van der Waals surface area (Å²) >= 11 is 0. The fourth-order valence-corrected chi connectivity index (χ4v) is 1.53. The molecule has 1 aromatic carbocycles. The highest BCUT2D eigenvalue weighted by Crippen LogP contribution is 2.28. The van der Waals surface area contributed by atoms with Crippen molar-refractivity contribution >= 4 is 0 Å². The highest BCUT2D eigenvalue weighted by Gasteiger charge is 2.38. The summed E-state index contributed by atoms with van der Waals surface area (Å²) in [6.07, 6.45) is -7.09. The molecule has 108 valence electrons. The van der Waals surface area contributed by atoms with Crippen molar-refractivity contribution in [1.82, 2.24) is 5.32 Å². The van der Waals surface area contributed by atoms with Gasteiger partial charge in [-0.05, 0) is 13.0 Å². The van der Waals surface area contributed by atoms with Crippen LogP contribution < -0.4 is 10.1 Å². The van der Waals surface area contributed by atoms with E-state index >= 15 is 0 Å². The average Bonchev–Trinajstić information content (AvgIpc) is 2.34. The zero-order chi connectivity index (χ0) is 14.6. The lowest BCUT2D eigenvalue weighted by molar-refractivity contribution is -0.202. The Morgan fingerprint density at radius 2 is 2.00 bits per heavy atom. The monoisotopic (exact) mass is 279 g/mol. The normalized spacial score (nSPS) is 15.1. The van der Waals surface area contributed by atoms with Crippen LogP contribution in [0, 0.1) is 0 Å². The van der Waals surface area contributed by atoms with Crippen molar-refractivity contribution in [3.63, 3.8) is 0 Å². The van der Waals surface area contributed by atoms with Crippen LogP contribution in [0.5, 0.6) is 11.5 Å². The number of phenols is 1. The standard InChI is InChI=1S/C12H16F3NO3/c1-7(16-6-11(18)12(13,14)15)9-4-3-8(19-2)5-10(9)17/h3-5,7,11,16-18H,6H2,1-2H3. The van der Waals surface area contributed by atoms with Gasteiger partial charge in [0.15, 0.2) is 6.10 Å². The van der Waals surface area contributed by atoms with Crippen molar-refractivity contribution < 1.29 is 28.1 Å². The van der Waals surface area contributed by atoms with Crippen molar-refractivity contribution in [3.8, 4) is 11.5 Å². The Morgan fingerprint density at radius 3 is 2.47 bits per heavy atom. The Kier molecular flexibility index (Phi) is 5.02. The van der Waals surface area contributed by atoms with E-state index in [-0.39, 0.29) is 5.75 Å². The first-order valence-electron chi connectivity index (χ1n) is 5.60. The molecule has 0 saturated heterocycles. The number of hydrogen-bond donors (Lipinski definition) is 3. The van der Waals surface area contributed by atoms with Gasteiger partial charge in [-0.1, -0.05) is 6.07 Å². The molecule has 0 aliphatic carbocycles. The zero-order valence-electron chi connectivity index (χ0n) is 10.5. The fourth-order valence-electron chi connectivity index (χ4n) is 1.53. The van der Waals surface area contributed by atoms with Crippen LogP contribution in [0.1, 0.15) is 18.5 Å². The predicted molar refractivity (Wildman–Crippen MR) is 63.1 cm³/mol. The van der Waals surface area contributed by atoms with Crippen LogP contribution in [0.25, 0.3) is 0 Å². The minimum absolute atomic E-state index is 0.0825. The third kappa shape index (κ3) is 4.29. The van der Waals surface area contributed by atoms with Gasteiger partial charge in [-0.25, -0.2) is 0 Å². The second-order valence-corrected chi connectivity index (χ2v) is 4.11. The lowest BCUT2D eigenvalue weighted by Crippen LogP contribution is -2.39. The van der Waals surface area contributed by atoms with Gasteiger partial charge in [-0.2, -0.15) is 13.2 Å². The van der Waals surface area contributed by atoms with Gasteiger partial charge < -0.3 is 20.3 Å². The second-order valence-electron chi connectivity index (χ2n) is 4.11. The molecule has 0 amide bonds. The van der Waals surface area contributed by atoms with Crippen molar-refractivity contribution in [2.45, 2.75) is 25.2 Å². The Labute approximate surface area is 108 Å². The van der Waals surface area contributed by atoms with Crippen molar-refractivity contribution in [3.05, 3.63) is 23.8 Å². The molecule has 1 aromatic rings. The maximum atomic E-state index is 12.1. The molecule has 19 heavy (non-hydrogen) atoms. The van der Waals surface area contributed by atoms with Crippen LogP contribution in [0.3, 0.4) is 0 Å². The van der Waals surface area contributed by atoms with Gasteiger partial charge in [0.25, 0.3) is 0 Å². The van der Waals surface area contributed by atoms with Gasteiger partial charge in [0.1, 0.15) is 11.5 Å². The van der Waals surface area contributed by atoms with Crippen molar-refractivity contribution in [2.75, 3.05) is 13.7 Å². The minimum atomic E-state index is -4.66. The summed E-state index contributed by atoms with van der Waals surface area (Å²) < 4.78 is 41.3. The van der Waals surface area contributed by atoms with Gasteiger partial charge in [-0.15, -0.1) is 0 Å². The maximum absolute atomic E-state index is 12.1. The number of aliphatic hydroxyl groups is 1. The second kappa shape index (κ2) is 6.12. The highest BCUT2D eigenvalue weighted by molar-refractivity contribution is 5.41. The van der Waals surface area contributed by atoms with E-state index in [1.165, 1.54) is 13.2 Å². The summed E-state index contributed by atoms with van der Waals surface area (Å²) in [5.41, 5.74) is 0.426. The van der Waals surface area contributed by atoms with E-state index in [0.29, 0.717) is 11.3 Å². The first kappa shape index (κ1) is 15.6. The lowest BCUT2D eigenvalue weighted by atomic mass is 10.1. The van der Waals surface area contributed by atoms with Crippen LogP contribution in [0.2, 0.25) is 0 Å². The van der Waals surface area contributed by atoms with Crippen LogP contribution in [-0.4, -0.2) is 36.1 Å². The smallest absolute Gasteiger partial charge is 0.415 e. The molecule has 2 unspecified atom stereocenters. The van der Waals surface area contributed by atoms with E-state index in [1.54, 1.807) is 19.1 Å². The molecule has 0 radical (unpaired) electrons. The number of halogens is 3. The zero-order valence-corrected chi connectivity index (χ0v) is 10.5. The van der Waals surface area contributed by atoms with Gasteiger partial charge in [0.2, 0.25) is 0 Å². The number of benzene rings is 1. The summed E-state index contributed by atoms with van der Waals surface area (Å²) in [5, 5.41) is 21.1. The maximum Gasteiger partial charge on any atom is 0.415 e. The first-order chi connectivity index (χ1) is 8.75. The third-order valence-corrected chi connectivity index (χ3v) is 2.70. The molecule has 4 nitrogen and oxygen atoms in total. The van der Waals surface area contributed by atoms with Crippen molar-refractivity contribution in [2.24, 2.45) is 0 Å². The van der Waals surface area contributed by atoms with E-state index < -0.39 is 24.9 Å². The number of phenolic OH excluding ortho intramolecular Hbond substituents is 1. The molecule has 0 aliphatic rings. The molecule has 0 heterocycles. The van der Waals surface area contributed by atoms with Crippen LogP contribution in [0.15, 0.2) is 18.2 Å². The van der Waals surface area contributed by atoms with Gasteiger partial charge >= 0.3 is 6.18 Å². The molecule has 0 spiro atoms. The minimum Gasteiger partial charge on any atom is -0.507 e. The van der Waals surface area contributed by atoms with Gasteiger partial charge in [0.05, 0.1) is 7.11 Å². The Morgan fingerprint density at radius 1 is 1.37 bits per heavy atom. The molecule has 0 fully saturated rings. The molecule has 7 heteroatoms. The number of methoxy groups -OCH3 is 1. The van der Waals surface area contributed by atoms with E-state index in [9.17, 15) is 18.3 Å².